The van der Waals surface area contributed by atoms with Crippen molar-refractivity contribution in [3.8, 4) is 0 Å². The van der Waals surface area contributed by atoms with Crippen molar-refractivity contribution in [1.82, 2.24) is 20.1 Å². The molecule has 124 valence electrons. The summed E-state index contributed by atoms with van der Waals surface area (Å²) in [7, 11) is 0. The molecular weight excluding hydrogens is 296 g/mol. The van der Waals surface area contributed by atoms with E-state index >= 15 is 0 Å². The van der Waals surface area contributed by atoms with Gasteiger partial charge in [-0.05, 0) is 12.5 Å². The zero-order valence-corrected chi connectivity index (χ0v) is 13.3. The third kappa shape index (κ3) is 4.51. The summed E-state index contributed by atoms with van der Waals surface area (Å²) in [6.45, 7) is 4.70. The maximum absolute atomic E-state index is 12.5. The third-order valence-corrected chi connectivity index (χ3v) is 3.81. The molecular formula is C16H22N4O3. The molecule has 1 saturated heterocycles. The Morgan fingerprint density at radius 3 is 2.57 bits per heavy atom. The van der Waals surface area contributed by atoms with Gasteiger partial charge >= 0.3 is 0 Å². The molecule has 1 N–H and O–H groups in total. The monoisotopic (exact) mass is 318 g/mol. The summed E-state index contributed by atoms with van der Waals surface area (Å²) in [6.07, 6.45) is 5.65. The molecule has 0 saturated carbocycles. The molecule has 2 heterocycles. The second-order valence-corrected chi connectivity index (χ2v) is 5.51. The summed E-state index contributed by atoms with van der Waals surface area (Å²) in [4.78, 5) is 42.5. The Labute approximate surface area is 135 Å². The first-order valence-corrected chi connectivity index (χ1v) is 7.87. The molecule has 1 aliphatic rings. The lowest BCUT2D eigenvalue weighted by Gasteiger charge is -2.32. The summed E-state index contributed by atoms with van der Waals surface area (Å²) < 4.78 is 0. The van der Waals surface area contributed by atoms with E-state index in [-0.39, 0.29) is 11.8 Å². The van der Waals surface area contributed by atoms with Gasteiger partial charge in [-0.15, -0.1) is 0 Å². The van der Waals surface area contributed by atoms with E-state index in [4.69, 9.17) is 0 Å². The van der Waals surface area contributed by atoms with Gasteiger partial charge in [-0.25, -0.2) is 0 Å². The molecule has 2 rings (SSSR count). The minimum Gasteiger partial charge on any atom is -0.352 e. The van der Waals surface area contributed by atoms with Gasteiger partial charge in [0, 0.05) is 45.1 Å². The number of nitrogens with zero attached hydrogens (tertiary/aromatic N) is 3. The first-order valence-electron chi connectivity index (χ1n) is 7.87. The van der Waals surface area contributed by atoms with E-state index in [0.29, 0.717) is 43.9 Å². The van der Waals surface area contributed by atoms with Gasteiger partial charge in [-0.1, -0.05) is 13.3 Å². The average Bonchev–Trinajstić information content (AvgIpc) is 2.61. The van der Waals surface area contributed by atoms with Gasteiger partial charge in [-0.3, -0.25) is 19.4 Å². The SMILES string of the molecule is CCCCNC(=O)c1cncc(C(=O)N2CCN(C=O)CC2)c1. The zero-order chi connectivity index (χ0) is 16.7. The summed E-state index contributed by atoms with van der Waals surface area (Å²) in [6, 6.07) is 1.57. The van der Waals surface area contributed by atoms with Crippen molar-refractivity contribution in [2.24, 2.45) is 0 Å². The number of carbonyl (C=O) groups excluding carboxylic acids is 3. The molecule has 0 aliphatic carbocycles. The average molecular weight is 318 g/mol. The number of hydrogen-bond donors (Lipinski definition) is 1. The lowest BCUT2D eigenvalue weighted by molar-refractivity contribution is -0.119. The number of aromatic nitrogens is 1. The van der Waals surface area contributed by atoms with Crippen LogP contribution in [0.25, 0.3) is 0 Å². The van der Waals surface area contributed by atoms with Crippen molar-refractivity contribution in [2.45, 2.75) is 19.8 Å². The second kappa shape index (κ2) is 8.26. The van der Waals surface area contributed by atoms with Gasteiger partial charge in [0.25, 0.3) is 11.8 Å². The van der Waals surface area contributed by atoms with Crippen LogP contribution in [0.5, 0.6) is 0 Å². The van der Waals surface area contributed by atoms with E-state index in [9.17, 15) is 14.4 Å². The summed E-state index contributed by atoms with van der Waals surface area (Å²) in [5.41, 5.74) is 0.783. The number of rotatable bonds is 6. The van der Waals surface area contributed by atoms with Crippen LogP contribution in [-0.4, -0.2) is 65.7 Å². The van der Waals surface area contributed by atoms with Crippen molar-refractivity contribution < 1.29 is 14.4 Å². The number of amides is 3. The van der Waals surface area contributed by atoms with E-state index in [2.05, 4.69) is 17.2 Å². The predicted octanol–water partition coefficient (Wildman–Crippen LogP) is 0.526. The Bertz CT molecular complexity index is 568. The van der Waals surface area contributed by atoms with Crippen LogP contribution < -0.4 is 5.32 Å². The molecule has 7 heteroatoms. The number of hydrogen-bond acceptors (Lipinski definition) is 4. The van der Waals surface area contributed by atoms with Gasteiger partial charge in [0.2, 0.25) is 6.41 Å². The Morgan fingerprint density at radius 1 is 1.22 bits per heavy atom. The van der Waals surface area contributed by atoms with Crippen LogP contribution in [0.15, 0.2) is 18.5 Å². The molecule has 0 radical (unpaired) electrons. The van der Waals surface area contributed by atoms with Crippen molar-refractivity contribution in [3.63, 3.8) is 0 Å². The molecule has 1 aliphatic heterocycles. The van der Waals surface area contributed by atoms with Crippen LogP contribution in [0.3, 0.4) is 0 Å². The van der Waals surface area contributed by atoms with Crippen molar-refractivity contribution >= 4 is 18.2 Å². The van der Waals surface area contributed by atoms with Crippen LogP contribution in [0.4, 0.5) is 0 Å². The molecule has 3 amide bonds. The fraction of sp³-hybridized carbons (Fsp3) is 0.500. The van der Waals surface area contributed by atoms with Crippen molar-refractivity contribution in [3.05, 3.63) is 29.6 Å². The van der Waals surface area contributed by atoms with E-state index in [0.717, 1.165) is 19.3 Å². The number of unbranched alkanes of at least 4 members (excludes halogenated alkanes) is 1. The highest BCUT2D eigenvalue weighted by Crippen LogP contribution is 2.09. The first-order chi connectivity index (χ1) is 11.2. The molecule has 0 unspecified atom stereocenters. The van der Waals surface area contributed by atoms with Crippen LogP contribution in [0.1, 0.15) is 40.5 Å². The molecule has 0 atom stereocenters. The maximum Gasteiger partial charge on any atom is 0.255 e. The summed E-state index contributed by atoms with van der Waals surface area (Å²) in [5, 5.41) is 2.81. The summed E-state index contributed by atoms with van der Waals surface area (Å²) in [5.74, 6) is -0.377. The topological polar surface area (TPSA) is 82.6 Å². The smallest absolute Gasteiger partial charge is 0.255 e. The van der Waals surface area contributed by atoms with E-state index < -0.39 is 0 Å². The minimum atomic E-state index is -0.216. The molecule has 1 aromatic heterocycles. The first kappa shape index (κ1) is 16.9. The number of pyridine rings is 1. The fourth-order valence-corrected chi connectivity index (χ4v) is 2.37. The highest BCUT2D eigenvalue weighted by molar-refractivity contribution is 5.99. The van der Waals surface area contributed by atoms with Gasteiger partial charge < -0.3 is 15.1 Å². The Morgan fingerprint density at radius 2 is 1.91 bits per heavy atom. The van der Waals surface area contributed by atoms with Crippen LogP contribution >= 0.6 is 0 Å². The van der Waals surface area contributed by atoms with Crippen LogP contribution in [0.2, 0.25) is 0 Å². The largest absolute Gasteiger partial charge is 0.352 e. The normalized spacial score (nSPS) is 14.5. The lowest BCUT2D eigenvalue weighted by Crippen LogP contribution is -2.48. The standard InChI is InChI=1S/C16H22N4O3/c1-2-3-4-18-15(22)13-9-14(11-17-10-13)16(23)20-7-5-19(12-21)6-8-20/h9-12H,2-8H2,1H3,(H,18,22). The lowest BCUT2D eigenvalue weighted by atomic mass is 10.1. The second-order valence-electron chi connectivity index (χ2n) is 5.51. The van der Waals surface area contributed by atoms with Gasteiger partial charge in [0.1, 0.15) is 0 Å². The van der Waals surface area contributed by atoms with Crippen LogP contribution in [0, 0.1) is 0 Å². The number of carbonyl (C=O) groups is 3. The molecule has 0 aromatic carbocycles. The van der Waals surface area contributed by atoms with E-state index in [1.807, 2.05) is 0 Å². The van der Waals surface area contributed by atoms with E-state index in [1.54, 1.807) is 15.9 Å². The molecule has 0 spiro atoms. The Hall–Kier alpha value is -2.44. The van der Waals surface area contributed by atoms with Crippen molar-refractivity contribution in [1.29, 1.82) is 0 Å². The molecule has 0 bridgehead atoms. The van der Waals surface area contributed by atoms with Gasteiger partial charge in [0.05, 0.1) is 11.1 Å². The van der Waals surface area contributed by atoms with Gasteiger partial charge in [0.15, 0.2) is 0 Å². The molecule has 23 heavy (non-hydrogen) atoms. The molecule has 1 aromatic rings. The molecule has 1 fully saturated rings. The highest BCUT2D eigenvalue weighted by atomic mass is 16.2. The maximum atomic E-state index is 12.5. The number of piperazine rings is 1. The molecule has 7 nitrogen and oxygen atoms in total. The Kier molecular flexibility index (Phi) is 6.08. The minimum absolute atomic E-state index is 0.161. The summed E-state index contributed by atoms with van der Waals surface area (Å²) >= 11 is 0. The van der Waals surface area contributed by atoms with E-state index in [1.165, 1.54) is 12.4 Å². The zero-order valence-electron chi connectivity index (χ0n) is 13.3. The Balaban J connectivity index is 2.00. The predicted molar refractivity (Wildman–Crippen MR) is 85.0 cm³/mol. The van der Waals surface area contributed by atoms with Gasteiger partial charge in [-0.2, -0.15) is 0 Å². The fourth-order valence-electron chi connectivity index (χ4n) is 2.37. The quantitative estimate of drug-likeness (QED) is 0.612. The highest BCUT2D eigenvalue weighted by Gasteiger charge is 2.22. The van der Waals surface area contributed by atoms with Crippen molar-refractivity contribution in [2.75, 3.05) is 32.7 Å². The van der Waals surface area contributed by atoms with Crippen LogP contribution in [-0.2, 0) is 4.79 Å². The third-order valence-electron chi connectivity index (χ3n) is 3.81. The number of nitrogens with one attached hydrogen (secondary N) is 1.